The van der Waals surface area contributed by atoms with Crippen molar-refractivity contribution in [3.8, 4) is 5.75 Å². The van der Waals surface area contributed by atoms with Gasteiger partial charge in [0.1, 0.15) is 35.2 Å². The fourth-order valence-electron chi connectivity index (χ4n) is 3.51. The average molecular weight is 497 g/mol. The van der Waals surface area contributed by atoms with Gasteiger partial charge >= 0.3 is 6.18 Å². The first kappa shape index (κ1) is 23.9. The summed E-state index contributed by atoms with van der Waals surface area (Å²) in [5.41, 5.74) is 0.322. The number of aromatic nitrogens is 2. The molecule has 1 aromatic carbocycles. The van der Waals surface area contributed by atoms with Crippen molar-refractivity contribution in [1.82, 2.24) is 15.3 Å². The summed E-state index contributed by atoms with van der Waals surface area (Å²) in [5.74, 6) is -0.808. The number of aliphatic imine (C=N–C) groups is 1. The molecule has 0 amide bonds. The van der Waals surface area contributed by atoms with Gasteiger partial charge in [-0.05, 0) is 47.9 Å². The summed E-state index contributed by atoms with van der Waals surface area (Å²) in [5, 5.41) is 3.23. The number of nitrogens with one attached hydrogen (secondary N) is 1. The van der Waals surface area contributed by atoms with Gasteiger partial charge in [0, 0.05) is 18.0 Å². The molecule has 178 valence electrons. The molecule has 0 bridgehead atoms. The number of ether oxygens (including phenoxy) is 1. The van der Waals surface area contributed by atoms with Crippen LogP contribution in [0.2, 0.25) is 0 Å². The van der Waals surface area contributed by atoms with Gasteiger partial charge in [0.05, 0.1) is 11.6 Å². The van der Waals surface area contributed by atoms with Gasteiger partial charge in [0.2, 0.25) is 5.95 Å². The minimum atomic E-state index is -4.68. The highest BCUT2D eigenvalue weighted by Crippen LogP contribution is 2.33. The summed E-state index contributed by atoms with van der Waals surface area (Å²) >= 11 is 6.46. The number of halogens is 6. The fraction of sp³-hybridized carbons (Fsp3) is 0.261. The second-order valence-corrected chi connectivity index (χ2v) is 7.94. The largest absolute Gasteiger partial charge is 0.487 e. The number of hydrogen-bond acceptors (Lipinski definition) is 5. The van der Waals surface area contributed by atoms with Gasteiger partial charge in [-0.1, -0.05) is 24.6 Å². The van der Waals surface area contributed by atoms with E-state index in [-0.39, 0.29) is 18.3 Å². The molecule has 0 saturated heterocycles. The van der Waals surface area contributed by atoms with Gasteiger partial charge in [-0.2, -0.15) is 17.6 Å². The molecular weight excluding hydrogens is 479 g/mol. The highest BCUT2D eigenvalue weighted by Gasteiger charge is 2.32. The van der Waals surface area contributed by atoms with Crippen LogP contribution in [0.1, 0.15) is 40.9 Å². The number of pyridine rings is 2. The fourth-order valence-corrected chi connectivity index (χ4v) is 3.81. The number of rotatable bonds is 6. The first-order valence-electron chi connectivity index (χ1n) is 10.2. The molecule has 0 saturated carbocycles. The molecule has 1 aliphatic rings. The molecule has 3 aromatic rings. The summed E-state index contributed by atoms with van der Waals surface area (Å²) in [6, 6.07) is 8.01. The van der Waals surface area contributed by atoms with Crippen LogP contribution in [0.5, 0.6) is 5.75 Å². The Morgan fingerprint density at radius 3 is 2.50 bits per heavy atom. The van der Waals surface area contributed by atoms with Crippen LogP contribution in [0.3, 0.4) is 0 Å². The summed E-state index contributed by atoms with van der Waals surface area (Å²) in [4.78, 5) is 11.6. The lowest BCUT2D eigenvalue weighted by Crippen LogP contribution is -2.26. The molecule has 0 fully saturated rings. The molecule has 2 aromatic heterocycles. The smallest absolute Gasteiger partial charge is 0.417 e. The van der Waals surface area contributed by atoms with Crippen molar-refractivity contribution in [2.75, 3.05) is 0 Å². The highest BCUT2D eigenvalue weighted by atomic mass is 35.5. The third-order valence-electron chi connectivity index (χ3n) is 5.27. The Kier molecular flexibility index (Phi) is 6.70. The van der Waals surface area contributed by atoms with Crippen LogP contribution in [0.15, 0.2) is 53.8 Å². The van der Waals surface area contributed by atoms with Crippen molar-refractivity contribution in [1.29, 1.82) is 0 Å². The van der Waals surface area contributed by atoms with Crippen molar-refractivity contribution >= 4 is 17.4 Å². The van der Waals surface area contributed by atoms with E-state index in [4.69, 9.17) is 16.3 Å². The number of amidine groups is 1. The molecule has 2 atom stereocenters. The van der Waals surface area contributed by atoms with E-state index in [0.717, 1.165) is 11.1 Å². The SMILES string of the molecule is CCc1cc(OCc2ncc(C(F)(F)F)cc2F)ccc1C1NC(c2ccc(F)nc2)=NC1Cl. The Bertz CT molecular complexity index is 1220. The summed E-state index contributed by atoms with van der Waals surface area (Å²) in [6.45, 7) is 1.60. The molecule has 4 rings (SSSR count). The van der Waals surface area contributed by atoms with Gasteiger partial charge in [-0.3, -0.25) is 4.98 Å². The van der Waals surface area contributed by atoms with Gasteiger partial charge in [0.25, 0.3) is 0 Å². The minimum Gasteiger partial charge on any atom is -0.487 e. The van der Waals surface area contributed by atoms with Gasteiger partial charge in [0.15, 0.2) is 0 Å². The normalized spacial score (nSPS) is 17.9. The molecule has 11 heteroatoms. The van der Waals surface area contributed by atoms with Crippen LogP contribution in [-0.4, -0.2) is 21.3 Å². The zero-order chi connectivity index (χ0) is 24.5. The lowest BCUT2D eigenvalue weighted by Gasteiger charge is -2.19. The molecule has 1 N–H and O–H groups in total. The van der Waals surface area contributed by atoms with E-state index in [2.05, 4.69) is 20.3 Å². The van der Waals surface area contributed by atoms with Crippen molar-refractivity contribution < 1.29 is 26.7 Å². The van der Waals surface area contributed by atoms with Crippen LogP contribution in [0.4, 0.5) is 22.0 Å². The van der Waals surface area contributed by atoms with Crippen LogP contribution in [-0.2, 0) is 19.2 Å². The van der Waals surface area contributed by atoms with E-state index in [1.54, 1.807) is 24.3 Å². The molecule has 3 heterocycles. The van der Waals surface area contributed by atoms with E-state index in [1.807, 2.05) is 6.92 Å². The number of nitrogens with zero attached hydrogens (tertiary/aromatic N) is 3. The maximum absolute atomic E-state index is 14.0. The number of hydrogen-bond donors (Lipinski definition) is 1. The number of benzene rings is 1. The molecular formula is C23H18ClF5N4O. The topological polar surface area (TPSA) is 59.4 Å². The Morgan fingerprint density at radius 2 is 1.85 bits per heavy atom. The van der Waals surface area contributed by atoms with E-state index in [0.29, 0.717) is 35.8 Å². The van der Waals surface area contributed by atoms with Crippen LogP contribution in [0.25, 0.3) is 0 Å². The van der Waals surface area contributed by atoms with Crippen LogP contribution in [0, 0.1) is 11.8 Å². The van der Waals surface area contributed by atoms with E-state index < -0.39 is 29.0 Å². The second-order valence-electron chi connectivity index (χ2n) is 7.50. The molecule has 0 spiro atoms. The zero-order valence-corrected chi connectivity index (χ0v) is 18.5. The van der Waals surface area contributed by atoms with Crippen LogP contribution < -0.4 is 10.1 Å². The number of aryl methyl sites for hydroxylation is 1. The maximum Gasteiger partial charge on any atom is 0.417 e. The first-order chi connectivity index (χ1) is 16.2. The summed E-state index contributed by atoms with van der Waals surface area (Å²) < 4.78 is 70.8. The lowest BCUT2D eigenvalue weighted by molar-refractivity contribution is -0.138. The van der Waals surface area contributed by atoms with E-state index in [1.165, 1.54) is 12.3 Å². The van der Waals surface area contributed by atoms with Crippen molar-refractivity contribution in [3.63, 3.8) is 0 Å². The monoisotopic (exact) mass is 496 g/mol. The van der Waals surface area contributed by atoms with Crippen molar-refractivity contribution in [2.45, 2.75) is 37.7 Å². The Morgan fingerprint density at radius 1 is 1.06 bits per heavy atom. The molecule has 0 radical (unpaired) electrons. The Balaban J connectivity index is 1.48. The van der Waals surface area contributed by atoms with Gasteiger partial charge < -0.3 is 10.1 Å². The van der Waals surface area contributed by atoms with Crippen molar-refractivity contribution in [3.05, 3.63) is 88.5 Å². The first-order valence-corrected chi connectivity index (χ1v) is 10.7. The minimum absolute atomic E-state index is 0.237. The van der Waals surface area contributed by atoms with Gasteiger partial charge in [-0.15, -0.1) is 0 Å². The predicted molar refractivity (Wildman–Crippen MR) is 116 cm³/mol. The molecule has 2 unspecified atom stereocenters. The lowest BCUT2D eigenvalue weighted by atomic mass is 9.98. The Hall–Kier alpha value is -3.27. The molecule has 5 nitrogen and oxygen atoms in total. The van der Waals surface area contributed by atoms with Crippen molar-refractivity contribution in [2.24, 2.45) is 4.99 Å². The summed E-state index contributed by atoms with van der Waals surface area (Å²) in [7, 11) is 0. The maximum atomic E-state index is 14.0. The van der Waals surface area contributed by atoms with E-state index in [9.17, 15) is 22.0 Å². The van der Waals surface area contributed by atoms with Crippen LogP contribution >= 0.6 is 11.6 Å². The molecule has 1 aliphatic heterocycles. The second kappa shape index (κ2) is 9.54. The third-order valence-corrected chi connectivity index (χ3v) is 5.62. The van der Waals surface area contributed by atoms with Gasteiger partial charge in [-0.25, -0.2) is 14.4 Å². The standard InChI is InChI=1S/C23H18ClF5N4O/c1-2-12-7-15(34-11-18-17(25)8-14(10-30-18)23(27,28)29)4-5-16(12)20-21(24)33-22(32-20)13-3-6-19(26)31-9-13/h3-10,20-21H,2,11H2,1H3,(H,32,33). The quantitative estimate of drug-likeness (QED) is 0.210. The third kappa shape index (κ3) is 5.11. The highest BCUT2D eigenvalue weighted by molar-refractivity contribution is 6.23. The average Bonchev–Trinajstić information content (AvgIpc) is 3.19. The summed E-state index contributed by atoms with van der Waals surface area (Å²) in [6.07, 6.45) is -2.12. The van der Waals surface area contributed by atoms with E-state index >= 15 is 0 Å². The molecule has 34 heavy (non-hydrogen) atoms. The Labute approximate surface area is 196 Å². The zero-order valence-electron chi connectivity index (χ0n) is 17.7. The molecule has 0 aliphatic carbocycles. The predicted octanol–water partition coefficient (Wildman–Crippen LogP) is 5.57. The number of alkyl halides is 4.